The van der Waals surface area contributed by atoms with E-state index in [0.29, 0.717) is 0 Å². The van der Waals surface area contributed by atoms with Gasteiger partial charge in [-0.2, -0.15) is 0 Å². The van der Waals surface area contributed by atoms with Crippen molar-refractivity contribution < 1.29 is 19.3 Å². The molecule has 9 heteroatoms. The van der Waals surface area contributed by atoms with Gasteiger partial charge in [0, 0.05) is 18.3 Å². The summed E-state index contributed by atoms with van der Waals surface area (Å²) >= 11 is 0.745. The number of carbonyl (C=O) groups is 3. The molecule has 0 aromatic carbocycles. The van der Waals surface area contributed by atoms with Crippen molar-refractivity contribution in [2.45, 2.75) is 25.1 Å². The SMILES string of the molecule is CC(C)NC(=O)c1ccnc2c1C(=O)C1SC([N+](=O)[O-])=CC1C2=O. The van der Waals surface area contributed by atoms with Crippen LogP contribution in [0.15, 0.2) is 23.4 Å². The smallest absolute Gasteiger partial charge is 0.300 e. The maximum Gasteiger partial charge on any atom is 0.300 e. The van der Waals surface area contributed by atoms with Gasteiger partial charge in [0.2, 0.25) is 0 Å². The molecule has 0 saturated heterocycles. The Balaban J connectivity index is 2.07. The van der Waals surface area contributed by atoms with Crippen molar-refractivity contribution in [2.75, 3.05) is 0 Å². The molecule has 1 amide bonds. The van der Waals surface area contributed by atoms with Gasteiger partial charge >= 0.3 is 5.03 Å². The van der Waals surface area contributed by atoms with Gasteiger partial charge in [-0.25, -0.2) is 0 Å². The van der Waals surface area contributed by atoms with E-state index in [1.165, 1.54) is 18.3 Å². The minimum atomic E-state index is -0.916. The number of hydrogen-bond donors (Lipinski definition) is 1. The predicted octanol–water partition coefficient (Wildman–Crippen LogP) is 1.45. The van der Waals surface area contributed by atoms with E-state index in [0.717, 1.165) is 11.8 Å². The highest BCUT2D eigenvalue weighted by Crippen LogP contribution is 2.43. The highest BCUT2D eigenvalue weighted by molar-refractivity contribution is 8.04. The lowest BCUT2D eigenvalue weighted by Gasteiger charge is -2.24. The van der Waals surface area contributed by atoms with Crippen LogP contribution in [0.4, 0.5) is 0 Å². The summed E-state index contributed by atoms with van der Waals surface area (Å²) < 4.78 is 0. The van der Waals surface area contributed by atoms with Gasteiger partial charge in [-0.15, -0.1) is 0 Å². The van der Waals surface area contributed by atoms with Crippen molar-refractivity contribution in [3.05, 3.63) is 50.3 Å². The van der Waals surface area contributed by atoms with Gasteiger partial charge < -0.3 is 5.32 Å². The number of fused-ring (bicyclic) bond motifs is 2. The van der Waals surface area contributed by atoms with Crippen molar-refractivity contribution in [3.63, 3.8) is 0 Å². The Kier molecular flexibility index (Phi) is 3.96. The number of thioether (sulfide) groups is 1. The van der Waals surface area contributed by atoms with Crippen molar-refractivity contribution >= 4 is 29.2 Å². The summed E-state index contributed by atoms with van der Waals surface area (Å²) in [5, 5.41) is 12.5. The van der Waals surface area contributed by atoms with Crippen molar-refractivity contribution in [2.24, 2.45) is 5.92 Å². The number of pyridine rings is 1. The number of carbonyl (C=O) groups excluding carboxylic acids is 3. The molecule has 124 valence electrons. The first-order valence-electron chi connectivity index (χ1n) is 7.22. The van der Waals surface area contributed by atoms with E-state index in [1.54, 1.807) is 13.8 Å². The van der Waals surface area contributed by atoms with Gasteiger partial charge in [0.15, 0.2) is 11.6 Å². The van der Waals surface area contributed by atoms with Crippen LogP contribution in [0.25, 0.3) is 0 Å². The fourth-order valence-electron chi connectivity index (χ4n) is 2.74. The largest absolute Gasteiger partial charge is 0.350 e. The molecule has 1 aromatic heterocycles. The second kappa shape index (κ2) is 5.82. The van der Waals surface area contributed by atoms with Crippen molar-refractivity contribution in [1.29, 1.82) is 0 Å². The van der Waals surface area contributed by atoms with Crippen LogP contribution in [0.5, 0.6) is 0 Å². The molecule has 2 atom stereocenters. The topological polar surface area (TPSA) is 119 Å². The normalized spacial score (nSPS) is 22.0. The molecule has 0 bridgehead atoms. The minimum Gasteiger partial charge on any atom is -0.350 e. The lowest BCUT2D eigenvalue weighted by Crippen LogP contribution is -2.39. The molecule has 1 N–H and O–H groups in total. The lowest BCUT2D eigenvalue weighted by atomic mass is 9.82. The van der Waals surface area contributed by atoms with Crippen LogP contribution < -0.4 is 5.32 Å². The van der Waals surface area contributed by atoms with Gasteiger partial charge in [0.1, 0.15) is 5.69 Å². The van der Waals surface area contributed by atoms with Gasteiger partial charge in [-0.1, -0.05) is 0 Å². The Bertz CT molecular complexity index is 817. The van der Waals surface area contributed by atoms with E-state index in [-0.39, 0.29) is 27.9 Å². The van der Waals surface area contributed by atoms with Crippen LogP contribution in [0.1, 0.15) is 45.1 Å². The highest BCUT2D eigenvalue weighted by Gasteiger charge is 2.49. The second-order valence-electron chi connectivity index (χ2n) is 5.77. The van der Waals surface area contributed by atoms with Crippen LogP contribution >= 0.6 is 11.8 Å². The van der Waals surface area contributed by atoms with Gasteiger partial charge in [0.25, 0.3) is 5.91 Å². The molecular weight excluding hydrogens is 334 g/mol. The van der Waals surface area contributed by atoms with Crippen LogP contribution in [0.2, 0.25) is 0 Å². The molecule has 1 aromatic rings. The van der Waals surface area contributed by atoms with Crippen molar-refractivity contribution in [3.8, 4) is 0 Å². The van der Waals surface area contributed by atoms with E-state index < -0.39 is 33.6 Å². The van der Waals surface area contributed by atoms with E-state index in [1.807, 2.05) is 0 Å². The number of nitro groups is 1. The quantitative estimate of drug-likeness (QED) is 0.649. The zero-order valence-electron chi connectivity index (χ0n) is 12.8. The zero-order valence-corrected chi connectivity index (χ0v) is 13.6. The van der Waals surface area contributed by atoms with Crippen LogP contribution in [-0.2, 0) is 0 Å². The summed E-state index contributed by atoms with van der Waals surface area (Å²) in [6.07, 6.45) is 2.49. The number of Topliss-reactive ketones (excluding diaryl/α,β-unsaturated/α-hetero) is 2. The van der Waals surface area contributed by atoms with E-state index >= 15 is 0 Å². The Morgan fingerprint density at radius 3 is 2.71 bits per heavy atom. The maximum atomic E-state index is 12.8. The molecule has 1 aliphatic heterocycles. The summed E-state index contributed by atoms with van der Waals surface area (Å²) in [6.45, 7) is 3.54. The molecule has 24 heavy (non-hydrogen) atoms. The first-order chi connectivity index (χ1) is 11.3. The van der Waals surface area contributed by atoms with Crippen molar-refractivity contribution in [1.82, 2.24) is 10.3 Å². The summed E-state index contributed by atoms with van der Waals surface area (Å²) in [4.78, 5) is 51.9. The number of hydrogen-bond acceptors (Lipinski definition) is 7. The molecule has 0 spiro atoms. The highest BCUT2D eigenvalue weighted by atomic mass is 32.2. The molecule has 8 nitrogen and oxygen atoms in total. The van der Waals surface area contributed by atoms with Crippen LogP contribution in [-0.4, -0.2) is 38.7 Å². The number of allylic oxidation sites excluding steroid dienone is 1. The first kappa shape index (κ1) is 16.3. The number of nitrogens with zero attached hydrogens (tertiary/aromatic N) is 2. The molecule has 2 heterocycles. The standard InChI is InChI=1S/C15H13N3O5S/c1-6(2)17-15(21)7-3-4-16-11-10(7)13(20)14-8(12(11)19)5-9(24-14)18(22)23/h3-6,8,14H,1-2H3,(H,17,21). The molecule has 0 fully saturated rings. The maximum absolute atomic E-state index is 12.8. The lowest BCUT2D eigenvalue weighted by molar-refractivity contribution is -0.410. The van der Waals surface area contributed by atoms with Gasteiger partial charge in [-0.05, 0) is 31.7 Å². The average Bonchev–Trinajstić information content (AvgIpc) is 2.97. The van der Waals surface area contributed by atoms with E-state index in [4.69, 9.17) is 0 Å². The fourth-order valence-corrected chi connectivity index (χ4v) is 3.89. The summed E-state index contributed by atoms with van der Waals surface area (Å²) in [5.41, 5.74) is -0.0767. The molecule has 3 rings (SSSR count). The summed E-state index contributed by atoms with van der Waals surface area (Å²) in [6, 6.07) is 1.23. The second-order valence-corrected chi connectivity index (χ2v) is 6.93. The number of aromatic nitrogens is 1. The minimum absolute atomic E-state index is 0.0487. The van der Waals surface area contributed by atoms with Gasteiger partial charge in [-0.3, -0.25) is 29.5 Å². The molecule has 1 aliphatic carbocycles. The summed E-state index contributed by atoms with van der Waals surface area (Å²) in [5.74, 6) is -2.34. The van der Waals surface area contributed by atoms with E-state index in [9.17, 15) is 24.5 Å². The third kappa shape index (κ3) is 2.50. The number of ketones is 2. The van der Waals surface area contributed by atoms with Crippen LogP contribution in [0.3, 0.4) is 0 Å². The fraction of sp³-hybridized carbons (Fsp3) is 0.333. The molecule has 0 saturated carbocycles. The summed E-state index contributed by atoms with van der Waals surface area (Å²) in [7, 11) is 0. The Morgan fingerprint density at radius 1 is 1.38 bits per heavy atom. The monoisotopic (exact) mass is 347 g/mol. The Hall–Kier alpha value is -2.55. The van der Waals surface area contributed by atoms with E-state index in [2.05, 4.69) is 10.3 Å². The number of nitrogens with one attached hydrogen (secondary N) is 1. The Labute approximate surface area is 140 Å². The first-order valence-corrected chi connectivity index (χ1v) is 8.10. The molecule has 0 radical (unpaired) electrons. The molecule has 2 aliphatic rings. The zero-order chi connectivity index (χ0) is 17.6. The predicted molar refractivity (Wildman–Crippen MR) is 85.4 cm³/mol. The Morgan fingerprint density at radius 2 is 2.08 bits per heavy atom. The molecular formula is C15H13N3O5S. The molecule has 2 unspecified atom stereocenters. The number of rotatable bonds is 3. The van der Waals surface area contributed by atoms with Crippen LogP contribution in [0, 0.1) is 16.0 Å². The average molecular weight is 347 g/mol. The third-order valence-corrected chi connectivity index (χ3v) is 5.02. The third-order valence-electron chi connectivity index (χ3n) is 3.73. The number of amides is 1. The van der Waals surface area contributed by atoms with Gasteiger partial charge in [0.05, 0.1) is 27.2 Å².